The van der Waals surface area contributed by atoms with Gasteiger partial charge in [0.25, 0.3) is 0 Å². The number of aromatic nitrogens is 3. The fourth-order valence-electron chi connectivity index (χ4n) is 2.68. The molecule has 0 aliphatic carbocycles. The first kappa shape index (κ1) is 15.3. The minimum absolute atomic E-state index is 0.144. The van der Waals surface area contributed by atoms with Crippen LogP contribution in [0.3, 0.4) is 0 Å². The molecule has 0 radical (unpaired) electrons. The molecule has 0 bridgehead atoms. The normalized spacial score (nSPS) is 12.0. The van der Waals surface area contributed by atoms with Crippen molar-refractivity contribution in [1.82, 2.24) is 14.4 Å². The zero-order valence-corrected chi connectivity index (χ0v) is 12.5. The number of ether oxygens (including phenoxy) is 1. The van der Waals surface area contributed by atoms with E-state index in [1.54, 1.807) is 24.3 Å². The molecule has 1 N–H and O–H groups in total. The number of aromatic hydroxyl groups is 1. The van der Waals surface area contributed by atoms with E-state index >= 15 is 0 Å². The van der Waals surface area contributed by atoms with Crippen LogP contribution in [0.5, 0.6) is 11.6 Å². The quantitative estimate of drug-likeness (QED) is 0.593. The third kappa shape index (κ3) is 2.71. The molecule has 0 saturated heterocycles. The Labute approximate surface area is 138 Å². The molecule has 0 fully saturated rings. The Morgan fingerprint density at radius 1 is 1.04 bits per heavy atom. The number of benzene rings is 2. The molecule has 0 aliphatic heterocycles. The highest BCUT2D eigenvalue weighted by molar-refractivity contribution is 5.81. The number of nitrogens with zero attached hydrogens (tertiary/aromatic N) is 3. The average Bonchev–Trinajstić information content (AvgIpc) is 2.91. The third-order valence-corrected chi connectivity index (χ3v) is 3.66. The summed E-state index contributed by atoms with van der Waals surface area (Å²) in [5.41, 5.74) is 2.12. The van der Waals surface area contributed by atoms with Gasteiger partial charge in [-0.05, 0) is 24.3 Å². The summed E-state index contributed by atoms with van der Waals surface area (Å²) in [5.74, 6) is -0.567. The summed E-state index contributed by atoms with van der Waals surface area (Å²) in [7, 11) is 0. The van der Waals surface area contributed by atoms with Gasteiger partial charge in [0.05, 0.1) is 17.2 Å². The van der Waals surface area contributed by atoms with Crippen LogP contribution >= 0.6 is 0 Å². The minimum atomic E-state index is -4.79. The van der Waals surface area contributed by atoms with Gasteiger partial charge < -0.3 is 9.84 Å². The van der Waals surface area contributed by atoms with Gasteiger partial charge in [-0.2, -0.15) is 0 Å². The highest BCUT2D eigenvalue weighted by atomic mass is 19.4. The van der Waals surface area contributed by atoms with Gasteiger partial charge in [-0.3, -0.25) is 9.38 Å². The highest BCUT2D eigenvalue weighted by Gasteiger charge is 2.31. The minimum Gasteiger partial charge on any atom is -0.493 e. The molecule has 0 spiro atoms. The van der Waals surface area contributed by atoms with Gasteiger partial charge in [-0.1, -0.05) is 24.3 Å². The molecule has 4 aromatic rings. The van der Waals surface area contributed by atoms with Gasteiger partial charge >= 0.3 is 6.36 Å². The summed E-state index contributed by atoms with van der Waals surface area (Å²) >= 11 is 0. The van der Waals surface area contributed by atoms with E-state index in [4.69, 9.17) is 0 Å². The summed E-state index contributed by atoms with van der Waals surface area (Å²) in [4.78, 5) is 8.54. The summed E-state index contributed by atoms with van der Waals surface area (Å²) < 4.78 is 42.6. The lowest BCUT2D eigenvalue weighted by Gasteiger charge is -2.09. The third-order valence-electron chi connectivity index (χ3n) is 3.66. The molecule has 2 aromatic heterocycles. The maximum atomic E-state index is 12.4. The second-order valence-electron chi connectivity index (χ2n) is 5.30. The van der Waals surface area contributed by atoms with Crippen molar-refractivity contribution < 1.29 is 23.0 Å². The fraction of sp³-hybridized carbons (Fsp3) is 0.0588. The molecule has 2 heterocycles. The van der Waals surface area contributed by atoms with E-state index in [0.717, 1.165) is 0 Å². The van der Waals surface area contributed by atoms with E-state index < -0.39 is 6.36 Å². The first-order chi connectivity index (χ1) is 11.9. The van der Waals surface area contributed by atoms with Crippen molar-refractivity contribution in [1.29, 1.82) is 0 Å². The number of halogens is 3. The second kappa shape index (κ2) is 5.37. The van der Waals surface area contributed by atoms with Crippen molar-refractivity contribution in [3.63, 3.8) is 0 Å². The molecular weight excluding hydrogens is 335 g/mol. The predicted octanol–water partition coefficient (Wildman–Crippen LogP) is 4.15. The Morgan fingerprint density at radius 2 is 1.84 bits per heavy atom. The molecule has 0 aliphatic rings. The molecule has 0 saturated carbocycles. The van der Waals surface area contributed by atoms with E-state index in [-0.39, 0.29) is 17.3 Å². The molecule has 5 nitrogen and oxygen atoms in total. The highest BCUT2D eigenvalue weighted by Crippen LogP contribution is 2.34. The molecule has 2 aromatic carbocycles. The molecule has 126 valence electrons. The summed E-state index contributed by atoms with van der Waals surface area (Å²) in [6, 6.07) is 12.5. The number of fused-ring (bicyclic) bond motifs is 3. The maximum absolute atomic E-state index is 12.4. The van der Waals surface area contributed by atoms with Gasteiger partial charge in [0.2, 0.25) is 5.88 Å². The lowest BCUT2D eigenvalue weighted by Crippen LogP contribution is -2.17. The smallest absolute Gasteiger partial charge is 0.493 e. The number of para-hydroxylation sites is 2. The van der Waals surface area contributed by atoms with Crippen molar-refractivity contribution in [2.24, 2.45) is 0 Å². The van der Waals surface area contributed by atoms with E-state index in [1.807, 2.05) is 6.07 Å². The maximum Gasteiger partial charge on any atom is 0.573 e. The van der Waals surface area contributed by atoms with Crippen molar-refractivity contribution in [2.45, 2.75) is 6.36 Å². The van der Waals surface area contributed by atoms with Crippen LogP contribution in [0, 0.1) is 0 Å². The fourth-order valence-corrected chi connectivity index (χ4v) is 2.68. The predicted molar refractivity (Wildman–Crippen MR) is 84.3 cm³/mol. The van der Waals surface area contributed by atoms with Crippen molar-refractivity contribution in [3.8, 4) is 22.9 Å². The number of hydrogen-bond acceptors (Lipinski definition) is 4. The van der Waals surface area contributed by atoms with Crippen LogP contribution in [0.25, 0.3) is 27.9 Å². The van der Waals surface area contributed by atoms with Crippen molar-refractivity contribution >= 4 is 16.7 Å². The number of alkyl halides is 3. The largest absolute Gasteiger partial charge is 0.573 e. The monoisotopic (exact) mass is 345 g/mol. The van der Waals surface area contributed by atoms with Gasteiger partial charge in [0, 0.05) is 5.56 Å². The standard InChI is InChI=1S/C17H10F3N3O2/c18-17(19,20)25-11-5-3-4-10(8-11)15-16(24)23-13-7-2-1-6-12(13)21-9-14(23)22-15/h1-9,24H. The molecule has 0 amide bonds. The SMILES string of the molecule is Oc1c(-c2cccc(OC(F)(F)F)c2)nc2cnc3ccccc3n12. The summed E-state index contributed by atoms with van der Waals surface area (Å²) in [6.07, 6.45) is -3.30. The van der Waals surface area contributed by atoms with Crippen LogP contribution in [-0.4, -0.2) is 25.8 Å². The molecule has 4 rings (SSSR count). The van der Waals surface area contributed by atoms with Crippen LogP contribution in [-0.2, 0) is 0 Å². The van der Waals surface area contributed by atoms with E-state index in [2.05, 4.69) is 14.7 Å². The van der Waals surface area contributed by atoms with Crippen LogP contribution < -0.4 is 4.74 Å². The summed E-state index contributed by atoms with van der Waals surface area (Å²) in [5, 5.41) is 10.6. The van der Waals surface area contributed by atoms with Crippen LogP contribution in [0.4, 0.5) is 13.2 Å². The van der Waals surface area contributed by atoms with E-state index in [0.29, 0.717) is 22.2 Å². The molecule has 8 heteroatoms. The Balaban J connectivity index is 1.89. The number of hydrogen-bond donors (Lipinski definition) is 1. The molecule has 0 atom stereocenters. The Bertz CT molecular complexity index is 1090. The number of rotatable bonds is 2. The van der Waals surface area contributed by atoms with Gasteiger partial charge in [0.15, 0.2) is 5.65 Å². The topological polar surface area (TPSA) is 59.7 Å². The van der Waals surface area contributed by atoms with Crippen LogP contribution in [0.1, 0.15) is 0 Å². The lowest BCUT2D eigenvalue weighted by atomic mass is 10.1. The first-order valence-corrected chi connectivity index (χ1v) is 7.24. The first-order valence-electron chi connectivity index (χ1n) is 7.24. The Kier molecular flexibility index (Phi) is 3.28. The summed E-state index contributed by atoms with van der Waals surface area (Å²) in [6.45, 7) is 0. The van der Waals surface area contributed by atoms with Gasteiger partial charge in [-0.25, -0.2) is 4.98 Å². The lowest BCUT2D eigenvalue weighted by molar-refractivity contribution is -0.274. The molecule has 25 heavy (non-hydrogen) atoms. The van der Waals surface area contributed by atoms with Crippen LogP contribution in [0.2, 0.25) is 0 Å². The van der Waals surface area contributed by atoms with Crippen LogP contribution in [0.15, 0.2) is 54.7 Å². The molecular formula is C17H10F3N3O2. The number of imidazole rings is 1. The second-order valence-corrected chi connectivity index (χ2v) is 5.30. The zero-order chi connectivity index (χ0) is 17.6. The Morgan fingerprint density at radius 3 is 2.64 bits per heavy atom. The van der Waals surface area contributed by atoms with Crippen molar-refractivity contribution in [2.75, 3.05) is 0 Å². The van der Waals surface area contributed by atoms with Crippen molar-refractivity contribution in [3.05, 3.63) is 54.7 Å². The van der Waals surface area contributed by atoms with E-state index in [9.17, 15) is 18.3 Å². The zero-order valence-electron chi connectivity index (χ0n) is 12.5. The van der Waals surface area contributed by atoms with Gasteiger partial charge in [-0.15, -0.1) is 13.2 Å². The Hall–Kier alpha value is -3.29. The van der Waals surface area contributed by atoms with Gasteiger partial charge in [0.1, 0.15) is 11.4 Å². The molecule has 0 unspecified atom stereocenters. The van der Waals surface area contributed by atoms with E-state index in [1.165, 1.54) is 28.8 Å². The average molecular weight is 345 g/mol.